The molecule has 2 aromatic rings. The maximum Gasteiger partial charge on any atom is 0.224 e. The first-order chi connectivity index (χ1) is 10.3. The van der Waals surface area contributed by atoms with Gasteiger partial charge in [-0.25, -0.2) is 0 Å². The van der Waals surface area contributed by atoms with Gasteiger partial charge in [0.15, 0.2) is 0 Å². The number of fused-ring (bicyclic) bond motifs is 1. The van der Waals surface area contributed by atoms with Gasteiger partial charge in [-0.15, -0.1) is 0 Å². The number of nitrogens with one attached hydrogen (secondary N) is 2. The van der Waals surface area contributed by atoms with Crippen LogP contribution < -0.4 is 10.6 Å². The SMILES string of the molecule is O=C(CCC1CCCNC1)Nc1cccc2cccnc12. The Morgan fingerprint density at radius 2 is 2.24 bits per heavy atom. The third-order valence-corrected chi connectivity index (χ3v) is 4.09. The van der Waals surface area contributed by atoms with E-state index in [0.717, 1.165) is 36.1 Å². The second-order valence-corrected chi connectivity index (χ2v) is 5.68. The molecule has 1 aliphatic heterocycles. The molecule has 1 aromatic carbocycles. The molecule has 0 saturated carbocycles. The Morgan fingerprint density at radius 1 is 1.33 bits per heavy atom. The predicted molar refractivity (Wildman–Crippen MR) is 85.2 cm³/mol. The van der Waals surface area contributed by atoms with Gasteiger partial charge < -0.3 is 10.6 Å². The van der Waals surface area contributed by atoms with Crippen LogP contribution in [-0.2, 0) is 4.79 Å². The Hall–Kier alpha value is -1.94. The molecule has 21 heavy (non-hydrogen) atoms. The van der Waals surface area contributed by atoms with E-state index in [4.69, 9.17) is 0 Å². The summed E-state index contributed by atoms with van der Waals surface area (Å²) in [4.78, 5) is 16.5. The van der Waals surface area contributed by atoms with E-state index in [2.05, 4.69) is 15.6 Å². The molecule has 3 rings (SSSR count). The highest BCUT2D eigenvalue weighted by molar-refractivity contribution is 6.00. The van der Waals surface area contributed by atoms with Crippen LogP contribution in [0.1, 0.15) is 25.7 Å². The van der Waals surface area contributed by atoms with Crippen LogP contribution >= 0.6 is 0 Å². The molecule has 4 nitrogen and oxygen atoms in total. The quantitative estimate of drug-likeness (QED) is 0.907. The number of pyridine rings is 1. The second-order valence-electron chi connectivity index (χ2n) is 5.68. The molecule has 4 heteroatoms. The molecule has 1 fully saturated rings. The molecule has 0 spiro atoms. The number of carbonyl (C=O) groups is 1. The summed E-state index contributed by atoms with van der Waals surface area (Å²) in [5.74, 6) is 0.717. The van der Waals surface area contributed by atoms with E-state index in [-0.39, 0.29) is 5.91 Å². The van der Waals surface area contributed by atoms with Gasteiger partial charge in [-0.3, -0.25) is 9.78 Å². The van der Waals surface area contributed by atoms with Gasteiger partial charge in [0.05, 0.1) is 11.2 Å². The average molecular weight is 283 g/mol. The maximum atomic E-state index is 12.1. The van der Waals surface area contributed by atoms with Crippen LogP contribution in [0.3, 0.4) is 0 Å². The summed E-state index contributed by atoms with van der Waals surface area (Å²) >= 11 is 0. The summed E-state index contributed by atoms with van der Waals surface area (Å²) in [7, 11) is 0. The van der Waals surface area contributed by atoms with Crippen LogP contribution in [0.15, 0.2) is 36.5 Å². The number of amides is 1. The lowest BCUT2D eigenvalue weighted by atomic mass is 9.94. The normalized spacial score (nSPS) is 18.6. The molecule has 1 aromatic heterocycles. The van der Waals surface area contributed by atoms with Crippen molar-refractivity contribution in [3.63, 3.8) is 0 Å². The average Bonchev–Trinajstić information content (AvgIpc) is 2.54. The van der Waals surface area contributed by atoms with Crippen molar-refractivity contribution in [1.82, 2.24) is 10.3 Å². The molecule has 1 aliphatic rings. The minimum atomic E-state index is 0.0822. The van der Waals surface area contributed by atoms with Gasteiger partial charge in [-0.2, -0.15) is 0 Å². The number of carbonyl (C=O) groups excluding carboxylic acids is 1. The Labute approximate surface area is 125 Å². The number of hydrogen-bond acceptors (Lipinski definition) is 3. The number of rotatable bonds is 4. The van der Waals surface area contributed by atoms with E-state index in [0.29, 0.717) is 12.3 Å². The Kier molecular flexibility index (Phi) is 4.46. The van der Waals surface area contributed by atoms with Crippen molar-refractivity contribution in [2.24, 2.45) is 5.92 Å². The van der Waals surface area contributed by atoms with E-state index in [9.17, 15) is 4.79 Å². The van der Waals surface area contributed by atoms with Crippen molar-refractivity contribution < 1.29 is 4.79 Å². The summed E-state index contributed by atoms with van der Waals surface area (Å²) in [5.41, 5.74) is 1.66. The summed E-state index contributed by atoms with van der Waals surface area (Å²) in [6.45, 7) is 2.16. The molecule has 2 heterocycles. The van der Waals surface area contributed by atoms with Crippen molar-refractivity contribution in [2.75, 3.05) is 18.4 Å². The number of anilines is 1. The van der Waals surface area contributed by atoms with Gasteiger partial charge in [0.25, 0.3) is 0 Å². The van der Waals surface area contributed by atoms with Gasteiger partial charge in [0, 0.05) is 18.0 Å². The lowest BCUT2D eigenvalue weighted by Gasteiger charge is -2.22. The van der Waals surface area contributed by atoms with Crippen LogP contribution in [0.25, 0.3) is 10.9 Å². The Balaban J connectivity index is 1.61. The highest BCUT2D eigenvalue weighted by atomic mass is 16.1. The fraction of sp³-hybridized carbons (Fsp3) is 0.412. The largest absolute Gasteiger partial charge is 0.324 e. The van der Waals surface area contributed by atoms with E-state index in [1.54, 1.807) is 6.20 Å². The van der Waals surface area contributed by atoms with Gasteiger partial charge >= 0.3 is 0 Å². The molecule has 1 atom stereocenters. The van der Waals surface area contributed by atoms with E-state index in [1.165, 1.54) is 12.8 Å². The molecule has 2 N–H and O–H groups in total. The van der Waals surface area contributed by atoms with Crippen LogP contribution in [0, 0.1) is 5.92 Å². The first-order valence-electron chi connectivity index (χ1n) is 7.67. The van der Waals surface area contributed by atoms with Crippen molar-refractivity contribution in [3.05, 3.63) is 36.5 Å². The van der Waals surface area contributed by atoms with Crippen molar-refractivity contribution in [2.45, 2.75) is 25.7 Å². The van der Waals surface area contributed by atoms with Crippen molar-refractivity contribution >= 4 is 22.5 Å². The van der Waals surface area contributed by atoms with E-state index >= 15 is 0 Å². The summed E-state index contributed by atoms with van der Waals surface area (Å²) in [5, 5.41) is 7.44. The summed E-state index contributed by atoms with van der Waals surface area (Å²) in [6, 6.07) is 9.78. The second kappa shape index (κ2) is 6.68. The molecule has 1 unspecified atom stereocenters. The van der Waals surface area contributed by atoms with Gasteiger partial charge in [0.2, 0.25) is 5.91 Å². The summed E-state index contributed by atoms with van der Waals surface area (Å²) < 4.78 is 0. The third-order valence-electron chi connectivity index (χ3n) is 4.09. The van der Waals surface area contributed by atoms with Crippen molar-refractivity contribution in [1.29, 1.82) is 0 Å². The van der Waals surface area contributed by atoms with Crippen LogP contribution in [0.4, 0.5) is 5.69 Å². The molecule has 0 aliphatic carbocycles. The predicted octanol–water partition coefficient (Wildman–Crippen LogP) is 2.95. The highest BCUT2D eigenvalue weighted by Gasteiger charge is 2.15. The van der Waals surface area contributed by atoms with Crippen molar-refractivity contribution in [3.8, 4) is 0 Å². The van der Waals surface area contributed by atoms with Gasteiger partial charge in [0.1, 0.15) is 0 Å². The Bertz CT molecular complexity index is 615. The molecular formula is C17H21N3O. The third kappa shape index (κ3) is 3.58. The van der Waals surface area contributed by atoms with E-state index in [1.807, 2.05) is 30.3 Å². The van der Waals surface area contributed by atoms with Crippen LogP contribution in [0.5, 0.6) is 0 Å². The monoisotopic (exact) mass is 283 g/mol. The lowest BCUT2D eigenvalue weighted by molar-refractivity contribution is -0.116. The molecule has 0 radical (unpaired) electrons. The lowest BCUT2D eigenvalue weighted by Crippen LogP contribution is -2.30. The minimum Gasteiger partial charge on any atom is -0.324 e. The zero-order valence-corrected chi connectivity index (χ0v) is 12.1. The molecule has 1 saturated heterocycles. The van der Waals surface area contributed by atoms with Gasteiger partial charge in [-0.05, 0) is 50.4 Å². The zero-order valence-electron chi connectivity index (χ0n) is 12.1. The minimum absolute atomic E-state index is 0.0822. The fourth-order valence-electron chi connectivity index (χ4n) is 2.92. The number of aromatic nitrogens is 1. The number of nitrogens with zero attached hydrogens (tertiary/aromatic N) is 1. The maximum absolute atomic E-state index is 12.1. The number of hydrogen-bond donors (Lipinski definition) is 2. The molecule has 110 valence electrons. The van der Waals surface area contributed by atoms with Crippen LogP contribution in [0.2, 0.25) is 0 Å². The zero-order chi connectivity index (χ0) is 14.5. The Morgan fingerprint density at radius 3 is 3.10 bits per heavy atom. The summed E-state index contributed by atoms with van der Waals surface area (Å²) in [6.07, 6.45) is 5.74. The smallest absolute Gasteiger partial charge is 0.224 e. The molecular weight excluding hydrogens is 262 g/mol. The van der Waals surface area contributed by atoms with E-state index < -0.39 is 0 Å². The highest BCUT2D eigenvalue weighted by Crippen LogP contribution is 2.21. The fourth-order valence-corrected chi connectivity index (χ4v) is 2.92. The molecule has 1 amide bonds. The number of piperidine rings is 1. The number of benzene rings is 1. The first kappa shape index (κ1) is 14.0. The number of para-hydroxylation sites is 1. The first-order valence-corrected chi connectivity index (χ1v) is 7.67. The molecule has 0 bridgehead atoms. The standard InChI is InChI=1S/C17H21N3O/c21-16(9-8-13-4-2-10-18-12-13)20-15-7-1-5-14-6-3-11-19-17(14)15/h1,3,5-7,11,13,18H,2,4,8-10,12H2,(H,20,21). The topological polar surface area (TPSA) is 54.0 Å². The van der Waals surface area contributed by atoms with Crippen LogP contribution in [-0.4, -0.2) is 24.0 Å². The van der Waals surface area contributed by atoms with Gasteiger partial charge in [-0.1, -0.05) is 18.2 Å².